The van der Waals surface area contributed by atoms with Gasteiger partial charge in [-0.25, -0.2) is 11.9 Å². The van der Waals surface area contributed by atoms with E-state index >= 15 is 0 Å². The molecule has 1 unspecified atom stereocenters. The summed E-state index contributed by atoms with van der Waals surface area (Å²) in [6, 6.07) is 0. The van der Waals surface area contributed by atoms with Crippen molar-refractivity contribution in [3.05, 3.63) is 11.4 Å². The summed E-state index contributed by atoms with van der Waals surface area (Å²) in [5.41, 5.74) is -0.312. The van der Waals surface area contributed by atoms with E-state index in [9.17, 15) is 4.79 Å². The summed E-state index contributed by atoms with van der Waals surface area (Å²) < 4.78 is 0. The normalized spacial score (nSPS) is 33.1. The van der Waals surface area contributed by atoms with Crippen LogP contribution in [0.3, 0.4) is 0 Å². The molecule has 0 aliphatic carbocycles. The van der Waals surface area contributed by atoms with Crippen LogP contribution in [0.25, 0.3) is 4.85 Å². The van der Waals surface area contributed by atoms with E-state index in [1.54, 1.807) is 11.8 Å². The quantitative estimate of drug-likeness (QED) is 0.665. The molecule has 94 valence electrons. The van der Waals surface area contributed by atoms with Gasteiger partial charge in [-0.05, 0) is 6.42 Å². The molecule has 1 N–H and O–H groups in total. The Hall–Kier alpha value is -0.730. The van der Waals surface area contributed by atoms with Crippen molar-refractivity contribution in [2.75, 3.05) is 18.8 Å². The third kappa shape index (κ3) is 2.43. The Labute approximate surface area is 107 Å². The standard InChI is InChI=1S/C12H19N3OS/c1-11(2,3)10(16)15-6-5-12(8-15)14-9(13-4)7-17-12/h9,14H,5-8H2,1-3H3/t9-,12?/m0/s1. The molecule has 2 aliphatic rings. The molecule has 2 saturated heterocycles. The highest BCUT2D eigenvalue weighted by atomic mass is 32.2. The Balaban J connectivity index is 2.02. The maximum absolute atomic E-state index is 12.2. The van der Waals surface area contributed by atoms with E-state index in [-0.39, 0.29) is 22.4 Å². The number of nitrogens with zero attached hydrogens (tertiary/aromatic N) is 2. The fourth-order valence-electron chi connectivity index (χ4n) is 2.36. The number of carbonyl (C=O) groups is 1. The first-order valence-corrected chi connectivity index (χ1v) is 6.92. The number of amides is 1. The summed E-state index contributed by atoms with van der Waals surface area (Å²) >= 11 is 1.80. The van der Waals surface area contributed by atoms with Crippen LogP contribution in [0.4, 0.5) is 0 Å². The van der Waals surface area contributed by atoms with Gasteiger partial charge in [-0.1, -0.05) is 20.8 Å². The molecule has 0 aromatic heterocycles. The summed E-state index contributed by atoms with van der Waals surface area (Å²) in [7, 11) is 0. The van der Waals surface area contributed by atoms with Gasteiger partial charge in [0.1, 0.15) is 0 Å². The van der Waals surface area contributed by atoms with Gasteiger partial charge in [0.2, 0.25) is 5.91 Å². The Bertz CT molecular complexity index is 371. The first kappa shape index (κ1) is 12.7. The Morgan fingerprint density at radius 3 is 2.82 bits per heavy atom. The number of likely N-dealkylation sites (tertiary alicyclic amines) is 1. The first-order valence-electron chi connectivity index (χ1n) is 5.94. The van der Waals surface area contributed by atoms with Gasteiger partial charge < -0.3 is 4.90 Å². The highest BCUT2D eigenvalue weighted by Gasteiger charge is 2.48. The van der Waals surface area contributed by atoms with Crippen molar-refractivity contribution in [1.29, 1.82) is 0 Å². The molecule has 2 atom stereocenters. The molecule has 17 heavy (non-hydrogen) atoms. The van der Waals surface area contributed by atoms with Crippen LogP contribution in [-0.4, -0.2) is 40.7 Å². The summed E-state index contributed by atoms with van der Waals surface area (Å²) in [4.78, 5) is 17.6. The fourth-order valence-corrected chi connectivity index (χ4v) is 3.70. The van der Waals surface area contributed by atoms with Crippen LogP contribution in [0.1, 0.15) is 27.2 Å². The van der Waals surface area contributed by atoms with Crippen molar-refractivity contribution in [2.24, 2.45) is 5.41 Å². The van der Waals surface area contributed by atoms with E-state index in [1.165, 1.54) is 0 Å². The smallest absolute Gasteiger partial charge is 0.287 e. The second-order valence-corrected chi connectivity index (χ2v) is 7.22. The second-order valence-electron chi connectivity index (χ2n) is 5.82. The number of nitrogens with one attached hydrogen (secondary N) is 1. The van der Waals surface area contributed by atoms with E-state index in [2.05, 4.69) is 10.2 Å². The molecule has 0 aromatic carbocycles. The lowest BCUT2D eigenvalue weighted by atomic mass is 9.95. The van der Waals surface area contributed by atoms with Crippen LogP contribution in [0.5, 0.6) is 0 Å². The number of carbonyl (C=O) groups excluding carboxylic acids is 1. The van der Waals surface area contributed by atoms with Crippen molar-refractivity contribution in [2.45, 2.75) is 38.2 Å². The van der Waals surface area contributed by atoms with Gasteiger partial charge in [-0.3, -0.25) is 9.64 Å². The number of thioether (sulfide) groups is 1. The van der Waals surface area contributed by atoms with Crippen molar-refractivity contribution >= 4 is 17.7 Å². The fraction of sp³-hybridized carbons (Fsp3) is 0.833. The zero-order valence-electron chi connectivity index (χ0n) is 10.6. The van der Waals surface area contributed by atoms with E-state index < -0.39 is 0 Å². The SMILES string of the molecule is [C-]#[N+][C@@H]1CSC2(CCN(C(=O)C(C)(C)C)C2)N1. The van der Waals surface area contributed by atoms with Gasteiger partial charge in [0, 0.05) is 18.5 Å². The molecule has 5 heteroatoms. The Morgan fingerprint density at radius 2 is 2.29 bits per heavy atom. The van der Waals surface area contributed by atoms with Crippen LogP contribution < -0.4 is 5.32 Å². The first-order chi connectivity index (χ1) is 7.86. The maximum Gasteiger partial charge on any atom is 0.287 e. The molecule has 0 saturated carbocycles. The van der Waals surface area contributed by atoms with E-state index in [4.69, 9.17) is 6.57 Å². The van der Waals surface area contributed by atoms with E-state index in [0.29, 0.717) is 0 Å². The Kier molecular flexibility index (Phi) is 3.13. The zero-order valence-corrected chi connectivity index (χ0v) is 11.4. The van der Waals surface area contributed by atoms with Gasteiger partial charge in [0.15, 0.2) is 0 Å². The zero-order chi connectivity index (χ0) is 12.7. The summed E-state index contributed by atoms with van der Waals surface area (Å²) in [6.07, 6.45) is 0.871. The van der Waals surface area contributed by atoms with Gasteiger partial charge in [0.25, 0.3) is 6.17 Å². The average Bonchev–Trinajstić information content (AvgIpc) is 2.84. The largest absolute Gasteiger partial charge is 0.339 e. The van der Waals surface area contributed by atoms with Gasteiger partial charge >= 0.3 is 0 Å². The highest BCUT2D eigenvalue weighted by Crippen LogP contribution is 2.39. The van der Waals surface area contributed by atoms with Gasteiger partial charge in [0.05, 0.1) is 10.6 Å². The molecule has 0 aromatic rings. The van der Waals surface area contributed by atoms with Gasteiger partial charge in [-0.2, -0.15) is 0 Å². The van der Waals surface area contributed by atoms with Gasteiger partial charge in [-0.15, -0.1) is 11.8 Å². The molecule has 1 amide bonds. The minimum absolute atomic E-state index is 0.0594. The average molecular weight is 253 g/mol. The molecular weight excluding hydrogens is 234 g/mol. The van der Waals surface area contributed by atoms with Crippen LogP contribution in [0, 0.1) is 12.0 Å². The predicted molar refractivity (Wildman–Crippen MR) is 69.4 cm³/mol. The molecule has 1 spiro atoms. The molecule has 4 nitrogen and oxygen atoms in total. The third-order valence-electron chi connectivity index (χ3n) is 3.26. The van der Waals surface area contributed by atoms with E-state index in [1.807, 2.05) is 25.7 Å². The minimum atomic E-state index is -0.312. The second kappa shape index (κ2) is 4.18. The molecule has 0 radical (unpaired) electrons. The lowest BCUT2D eigenvalue weighted by Gasteiger charge is -2.27. The molecular formula is C12H19N3OS. The molecule has 2 aliphatic heterocycles. The number of hydrogen-bond donors (Lipinski definition) is 1. The van der Waals surface area contributed by atoms with Crippen molar-refractivity contribution in [1.82, 2.24) is 10.2 Å². The third-order valence-corrected chi connectivity index (χ3v) is 4.75. The van der Waals surface area contributed by atoms with Crippen LogP contribution in [0.15, 0.2) is 0 Å². The lowest BCUT2D eigenvalue weighted by molar-refractivity contribution is -0.138. The maximum atomic E-state index is 12.2. The molecule has 2 rings (SSSR count). The summed E-state index contributed by atoms with van der Waals surface area (Å²) in [5, 5.41) is 3.37. The summed E-state index contributed by atoms with van der Waals surface area (Å²) in [5.74, 6) is 1.05. The van der Waals surface area contributed by atoms with Crippen molar-refractivity contribution in [3.8, 4) is 0 Å². The van der Waals surface area contributed by atoms with Crippen molar-refractivity contribution < 1.29 is 4.79 Å². The Morgan fingerprint density at radius 1 is 1.59 bits per heavy atom. The molecule has 2 fully saturated rings. The summed E-state index contributed by atoms with van der Waals surface area (Å²) in [6.45, 7) is 14.5. The van der Waals surface area contributed by atoms with Crippen LogP contribution in [-0.2, 0) is 4.79 Å². The predicted octanol–water partition coefficient (Wildman–Crippen LogP) is 1.54. The monoisotopic (exact) mass is 253 g/mol. The topological polar surface area (TPSA) is 36.7 Å². The lowest BCUT2D eigenvalue weighted by Crippen LogP contribution is -2.45. The van der Waals surface area contributed by atoms with Crippen LogP contribution >= 0.6 is 11.8 Å². The van der Waals surface area contributed by atoms with Crippen LogP contribution in [0.2, 0.25) is 0 Å². The molecule has 2 heterocycles. The number of rotatable bonds is 0. The highest BCUT2D eigenvalue weighted by molar-refractivity contribution is 8.01. The molecule has 0 bridgehead atoms. The minimum Gasteiger partial charge on any atom is -0.339 e. The number of hydrogen-bond acceptors (Lipinski definition) is 3. The van der Waals surface area contributed by atoms with Crippen molar-refractivity contribution in [3.63, 3.8) is 0 Å². The van der Waals surface area contributed by atoms with E-state index in [0.717, 1.165) is 25.3 Å².